The number of rotatable bonds is 7. The smallest absolute Gasteiger partial charge is 0.169 e. The van der Waals surface area contributed by atoms with Crippen molar-refractivity contribution in [2.75, 3.05) is 6.61 Å². The molecule has 3 rings (SSSR count). The molecule has 1 fully saturated rings. The van der Waals surface area contributed by atoms with E-state index in [1.165, 1.54) is 12.1 Å². The van der Waals surface area contributed by atoms with Crippen molar-refractivity contribution in [3.8, 4) is 0 Å². The molecule has 1 aliphatic rings. The van der Waals surface area contributed by atoms with Crippen LogP contribution in [0.1, 0.15) is 65.6 Å². The van der Waals surface area contributed by atoms with Crippen LogP contribution in [0.2, 0.25) is 0 Å². The second-order valence-electron chi connectivity index (χ2n) is 7.45. The van der Waals surface area contributed by atoms with Gasteiger partial charge in [-0.3, -0.25) is 4.79 Å². The molecule has 1 saturated carbocycles. The minimum Gasteiger partial charge on any atom is -0.377 e. The van der Waals surface area contributed by atoms with E-state index in [4.69, 9.17) is 4.74 Å². The van der Waals surface area contributed by atoms with Crippen molar-refractivity contribution in [1.82, 2.24) is 0 Å². The van der Waals surface area contributed by atoms with Crippen molar-refractivity contribution >= 4 is 12.4 Å². The molecule has 0 amide bonds. The summed E-state index contributed by atoms with van der Waals surface area (Å²) in [4.78, 5) is 10.7. The summed E-state index contributed by atoms with van der Waals surface area (Å²) in [6.45, 7) is 2.91. The van der Waals surface area contributed by atoms with Gasteiger partial charge in [-0.05, 0) is 67.7 Å². The van der Waals surface area contributed by atoms with Gasteiger partial charge in [0.15, 0.2) is 17.9 Å². The van der Waals surface area contributed by atoms with Crippen LogP contribution in [0, 0.1) is 23.4 Å². The quantitative estimate of drug-likeness (QED) is 0.498. The largest absolute Gasteiger partial charge is 0.377 e. The normalized spacial score (nSPS) is 19.6. The van der Waals surface area contributed by atoms with Crippen molar-refractivity contribution in [1.29, 1.82) is 0 Å². The van der Waals surface area contributed by atoms with Gasteiger partial charge in [-0.25, -0.2) is 13.2 Å². The van der Waals surface area contributed by atoms with Crippen LogP contribution in [0.15, 0.2) is 36.4 Å². The summed E-state index contributed by atoms with van der Waals surface area (Å²) in [6, 6.07) is 8.01. The fourth-order valence-corrected chi connectivity index (χ4v) is 3.87. The number of carbonyl (C=O) groups excluding carboxylic acids is 1. The highest BCUT2D eigenvalue weighted by atomic mass is 19.2. The molecule has 5 heteroatoms. The van der Waals surface area contributed by atoms with Gasteiger partial charge in [-0.15, -0.1) is 0 Å². The zero-order valence-corrected chi connectivity index (χ0v) is 16.5. The number of benzene rings is 2. The molecule has 0 spiro atoms. The first-order valence-electron chi connectivity index (χ1n) is 10.0. The molecule has 2 aromatic carbocycles. The summed E-state index contributed by atoms with van der Waals surface area (Å²) in [5.41, 5.74) is 1.42. The number of halogens is 3. The van der Waals surface area contributed by atoms with E-state index in [0.29, 0.717) is 19.5 Å². The molecule has 0 radical (unpaired) electrons. The van der Waals surface area contributed by atoms with Crippen molar-refractivity contribution in [3.05, 3.63) is 76.1 Å². The summed E-state index contributed by atoms with van der Waals surface area (Å²) in [7, 11) is 0. The topological polar surface area (TPSA) is 26.3 Å². The molecule has 0 saturated heterocycles. The molecule has 154 valence electrons. The third-order valence-electron chi connectivity index (χ3n) is 5.57. The Kier molecular flexibility index (Phi) is 7.26. The molecule has 2 aromatic rings. The first kappa shape index (κ1) is 21.3. The first-order valence-corrected chi connectivity index (χ1v) is 10.0. The maximum atomic E-state index is 14.5. The minimum absolute atomic E-state index is 0.131. The average molecular weight is 402 g/mol. The van der Waals surface area contributed by atoms with Crippen LogP contribution in [-0.4, -0.2) is 12.9 Å². The minimum atomic E-state index is -1.12. The molecule has 0 heterocycles. The standard InChI is InChI=1S/C24H25F3O2/c1-2-29-15-17-6-12-21(22(25)13-17)18-7-3-16(4-8-18)5-9-19-10-11-20(14-28)24(27)23(19)26/h5-6,9-14,16,18H,2-4,7-8,15H2,1H3/b9-5+. The second kappa shape index (κ2) is 9.88. The predicted octanol–water partition coefficient (Wildman–Crippen LogP) is 6.44. The van der Waals surface area contributed by atoms with Crippen LogP contribution in [0.4, 0.5) is 13.2 Å². The monoisotopic (exact) mass is 402 g/mol. The Labute approximate surface area is 169 Å². The second-order valence-corrected chi connectivity index (χ2v) is 7.45. The lowest BCUT2D eigenvalue weighted by Gasteiger charge is -2.27. The summed E-state index contributed by atoms with van der Waals surface area (Å²) >= 11 is 0. The fraction of sp³-hybridized carbons (Fsp3) is 0.375. The number of aldehydes is 1. The molecule has 0 aromatic heterocycles. The number of hydrogen-bond acceptors (Lipinski definition) is 2. The van der Waals surface area contributed by atoms with Crippen molar-refractivity contribution in [3.63, 3.8) is 0 Å². The van der Waals surface area contributed by atoms with Gasteiger partial charge in [-0.2, -0.15) is 0 Å². The third-order valence-corrected chi connectivity index (χ3v) is 5.57. The summed E-state index contributed by atoms with van der Waals surface area (Å²) < 4.78 is 47.5. The van der Waals surface area contributed by atoms with Gasteiger partial charge in [0.25, 0.3) is 0 Å². The van der Waals surface area contributed by atoms with E-state index >= 15 is 0 Å². The van der Waals surface area contributed by atoms with Crippen LogP contribution in [0.3, 0.4) is 0 Å². The molecule has 0 aliphatic heterocycles. The first-order chi connectivity index (χ1) is 14.0. The highest BCUT2D eigenvalue weighted by Gasteiger charge is 2.23. The maximum Gasteiger partial charge on any atom is 0.169 e. The lowest BCUT2D eigenvalue weighted by Crippen LogP contribution is -2.13. The highest BCUT2D eigenvalue weighted by Crippen LogP contribution is 2.37. The van der Waals surface area contributed by atoms with E-state index in [1.807, 2.05) is 25.1 Å². The fourth-order valence-electron chi connectivity index (χ4n) is 3.87. The SMILES string of the molecule is CCOCc1ccc(C2CCC(/C=C/c3ccc(C=O)c(F)c3F)CC2)c(F)c1. The van der Waals surface area contributed by atoms with Crippen LogP contribution in [0.25, 0.3) is 6.08 Å². The Morgan fingerprint density at radius 3 is 2.34 bits per heavy atom. The van der Waals surface area contributed by atoms with Crippen LogP contribution < -0.4 is 0 Å². The molecular weight excluding hydrogens is 377 g/mol. The zero-order chi connectivity index (χ0) is 20.8. The number of allylic oxidation sites excluding steroid dienone is 1. The molecule has 0 bridgehead atoms. The van der Waals surface area contributed by atoms with E-state index in [0.717, 1.165) is 36.8 Å². The maximum absolute atomic E-state index is 14.5. The number of hydrogen-bond donors (Lipinski definition) is 0. The lowest BCUT2D eigenvalue weighted by molar-refractivity contribution is 0.111. The molecule has 1 aliphatic carbocycles. The molecule has 0 unspecified atom stereocenters. The van der Waals surface area contributed by atoms with Gasteiger partial charge in [0.05, 0.1) is 12.2 Å². The predicted molar refractivity (Wildman–Crippen MR) is 107 cm³/mol. The van der Waals surface area contributed by atoms with E-state index in [9.17, 15) is 18.0 Å². The Hall–Kier alpha value is -2.40. The molecule has 0 atom stereocenters. The summed E-state index contributed by atoms with van der Waals surface area (Å²) in [5.74, 6) is -1.90. The Morgan fingerprint density at radius 2 is 1.69 bits per heavy atom. The van der Waals surface area contributed by atoms with E-state index in [2.05, 4.69) is 0 Å². The Bertz CT molecular complexity index is 884. The van der Waals surface area contributed by atoms with E-state index in [1.54, 1.807) is 12.1 Å². The highest BCUT2D eigenvalue weighted by molar-refractivity contribution is 5.76. The molecule has 0 N–H and O–H groups in total. The van der Waals surface area contributed by atoms with E-state index < -0.39 is 11.6 Å². The van der Waals surface area contributed by atoms with Gasteiger partial charge in [0.2, 0.25) is 0 Å². The third kappa shape index (κ3) is 5.15. The average Bonchev–Trinajstić information content (AvgIpc) is 2.74. The molecular formula is C24H25F3O2. The van der Waals surface area contributed by atoms with Crippen LogP contribution in [-0.2, 0) is 11.3 Å². The Balaban J connectivity index is 1.60. The Morgan fingerprint density at radius 1 is 1.00 bits per heavy atom. The van der Waals surface area contributed by atoms with Gasteiger partial charge in [0.1, 0.15) is 5.82 Å². The van der Waals surface area contributed by atoms with Gasteiger partial charge < -0.3 is 4.74 Å². The summed E-state index contributed by atoms with van der Waals surface area (Å²) in [6.07, 6.45) is 7.16. The van der Waals surface area contributed by atoms with Crippen molar-refractivity contribution in [2.45, 2.75) is 45.1 Å². The van der Waals surface area contributed by atoms with E-state index in [-0.39, 0.29) is 28.8 Å². The van der Waals surface area contributed by atoms with Crippen LogP contribution in [0.5, 0.6) is 0 Å². The number of carbonyl (C=O) groups is 1. The van der Waals surface area contributed by atoms with Gasteiger partial charge in [-0.1, -0.05) is 30.4 Å². The zero-order valence-electron chi connectivity index (χ0n) is 16.5. The number of ether oxygens (including phenoxy) is 1. The van der Waals surface area contributed by atoms with Crippen molar-refractivity contribution in [2.24, 2.45) is 5.92 Å². The molecule has 2 nitrogen and oxygen atoms in total. The van der Waals surface area contributed by atoms with Crippen LogP contribution >= 0.6 is 0 Å². The summed E-state index contributed by atoms with van der Waals surface area (Å²) in [5, 5.41) is 0. The van der Waals surface area contributed by atoms with Gasteiger partial charge in [0, 0.05) is 12.2 Å². The van der Waals surface area contributed by atoms with Gasteiger partial charge >= 0.3 is 0 Å². The van der Waals surface area contributed by atoms with Crippen molar-refractivity contribution < 1.29 is 22.7 Å². The lowest BCUT2D eigenvalue weighted by atomic mass is 9.78. The molecule has 29 heavy (non-hydrogen) atoms.